The lowest BCUT2D eigenvalue weighted by Gasteiger charge is -2.08. The van der Waals surface area contributed by atoms with Crippen LogP contribution in [0.15, 0.2) is 24.4 Å². The number of nitrogens with one attached hydrogen (secondary N) is 1. The average molecular weight is 303 g/mol. The second-order valence-corrected chi connectivity index (χ2v) is 5.65. The summed E-state index contributed by atoms with van der Waals surface area (Å²) in [6.07, 6.45) is -0.376. The first-order valence-electron chi connectivity index (χ1n) is 6.50. The van der Waals surface area contributed by atoms with Crippen LogP contribution in [-0.4, -0.2) is 16.8 Å². The Morgan fingerprint density at radius 2 is 2.05 bits per heavy atom. The summed E-state index contributed by atoms with van der Waals surface area (Å²) in [5.74, 6) is 0. The highest BCUT2D eigenvalue weighted by Crippen LogP contribution is 2.29. The third-order valence-corrected chi connectivity index (χ3v) is 3.67. The molecule has 3 rings (SSSR count). The highest BCUT2D eigenvalue weighted by Gasteiger charge is 2.29. The monoisotopic (exact) mass is 302 g/mol. The van der Waals surface area contributed by atoms with E-state index in [9.17, 15) is 13.2 Å². The van der Waals surface area contributed by atoms with Crippen molar-refractivity contribution in [3.05, 3.63) is 35.0 Å². The average Bonchev–Trinajstić information content (AvgIpc) is 3.11. The molecule has 0 amide bonds. The lowest BCUT2D eigenvalue weighted by atomic mass is 10.2. The van der Waals surface area contributed by atoms with Gasteiger partial charge in [-0.25, -0.2) is 0 Å². The van der Waals surface area contributed by atoms with Crippen LogP contribution in [0.25, 0.3) is 10.9 Å². The third-order valence-electron chi connectivity index (χ3n) is 3.44. The van der Waals surface area contributed by atoms with Gasteiger partial charge in [-0.3, -0.25) is 0 Å². The maximum atomic E-state index is 12.6. The van der Waals surface area contributed by atoms with Crippen LogP contribution in [0.4, 0.5) is 13.2 Å². The van der Waals surface area contributed by atoms with E-state index in [1.54, 1.807) is 24.4 Å². The Morgan fingerprint density at radius 1 is 1.30 bits per heavy atom. The van der Waals surface area contributed by atoms with Gasteiger partial charge >= 0.3 is 6.18 Å². The molecular formula is C14H14ClF3N2. The number of nitrogens with zero attached hydrogens (tertiary/aromatic N) is 1. The summed E-state index contributed by atoms with van der Waals surface area (Å²) in [4.78, 5) is 0. The van der Waals surface area contributed by atoms with Crippen LogP contribution >= 0.6 is 11.6 Å². The fourth-order valence-electron chi connectivity index (χ4n) is 2.35. The molecule has 0 bridgehead atoms. The van der Waals surface area contributed by atoms with Gasteiger partial charge in [0, 0.05) is 29.2 Å². The number of fused-ring (bicyclic) bond motifs is 1. The molecule has 0 aliphatic heterocycles. The molecule has 0 spiro atoms. The fraction of sp³-hybridized carbons (Fsp3) is 0.429. The van der Waals surface area contributed by atoms with E-state index in [-0.39, 0.29) is 0 Å². The maximum Gasteiger partial charge on any atom is 0.406 e. The standard InChI is InChI=1S/C14H14ClF3N2/c15-10-1-4-12-9(6-19-11-2-3-11)7-20(13(12)5-10)8-14(16,17)18/h1,4-5,7,11,19H,2-3,6,8H2. The number of halogens is 4. The predicted molar refractivity (Wildman–Crippen MR) is 72.9 cm³/mol. The maximum absolute atomic E-state index is 12.6. The van der Waals surface area contributed by atoms with E-state index in [1.165, 1.54) is 4.57 Å². The lowest BCUT2D eigenvalue weighted by molar-refractivity contribution is -0.139. The molecular weight excluding hydrogens is 289 g/mol. The van der Waals surface area contributed by atoms with Crippen molar-refractivity contribution in [2.45, 2.75) is 38.1 Å². The van der Waals surface area contributed by atoms with E-state index in [4.69, 9.17) is 11.6 Å². The van der Waals surface area contributed by atoms with E-state index in [1.807, 2.05) is 0 Å². The van der Waals surface area contributed by atoms with Gasteiger partial charge in [0.1, 0.15) is 6.54 Å². The molecule has 1 N–H and O–H groups in total. The smallest absolute Gasteiger partial charge is 0.338 e. The summed E-state index contributed by atoms with van der Waals surface area (Å²) >= 11 is 5.90. The van der Waals surface area contributed by atoms with Crippen molar-refractivity contribution in [1.29, 1.82) is 0 Å². The molecule has 2 aromatic rings. The molecule has 1 fully saturated rings. The van der Waals surface area contributed by atoms with Crippen molar-refractivity contribution >= 4 is 22.5 Å². The van der Waals surface area contributed by atoms with Crippen LogP contribution in [0.1, 0.15) is 18.4 Å². The van der Waals surface area contributed by atoms with E-state index in [0.29, 0.717) is 23.1 Å². The first-order valence-corrected chi connectivity index (χ1v) is 6.87. The van der Waals surface area contributed by atoms with Crippen molar-refractivity contribution in [2.24, 2.45) is 0 Å². The topological polar surface area (TPSA) is 17.0 Å². The highest BCUT2D eigenvalue weighted by atomic mass is 35.5. The minimum Gasteiger partial charge on any atom is -0.338 e. The number of alkyl halides is 3. The quantitative estimate of drug-likeness (QED) is 0.899. The summed E-state index contributed by atoms with van der Waals surface area (Å²) in [6.45, 7) is -0.402. The van der Waals surface area contributed by atoms with Crippen LogP contribution in [0.5, 0.6) is 0 Å². The SMILES string of the molecule is FC(F)(F)Cn1cc(CNC2CC2)c2ccc(Cl)cc21. The van der Waals surface area contributed by atoms with Crippen molar-refractivity contribution in [3.63, 3.8) is 0 Å². The largest absolute Gasteiger partial charge is 0.406 e. The van der Waals surface area contributed by atoms with E-state index >= 15 is 0 Å². The molecule has 1 aromatic carbocycles. The summed E-state index contributed by atoms with van der Waals surface area (Å²) < 4.78 is 39.1. The van der Waals surface area contributed by atoms with E-state index < -0.39 is 12.7 Å². The zero-order valence-corrected chi connectivity index (χ0v) is 11.4. The Balaban J connectivity index is 1.96. The molecule has 6 heteroatoms. The first-order chi connectivity index (χ1) is 9.42. The number of aromatic nitrogens is 1. The summed E-state index contributed by atoms with van der Waals surface area (Å²) in [5.41, 5.74) is 1.41. The molecule has 1 heterocycles. The Bertz CT molecular complexity index is 629. The minimum atomic E-state index is -4.24. The molecule has 0 unspecified atom stereocenters. The van der Waals surface area contributed by atoms with Crippen LogP contribution in [0, 0.1) is 0 Å². The molecule has 0 atom stereocenters. The van der Waals surface area contributed by atoms with Crippen molar-refractivity contribution in [3.8, 4) is 0 Å². The van der Waals surface area contributed by atoms with Gasteiger partial charge in [-0.05, 0) is 30.5 Å². The molecule has 1 saturated carbocycles. The van der Waals surface area contributed by atoms with Gasteiger partial charge in [0.2, 0.25) is 0 Å². The fourth-order valence-corrected chi connectivity index (χ4v) is 2.51. The zero-order chi connectivity index (χ0) is 14.3. The molecule has 108 valence electrons. The van der Waals surface area contributed by atoms with Crippen molar-refractivity contribution < 1.29 is 13.2 Å². The van der Waals surface area contributed by atoms with Crippen LogP contribution in [-0.2, 0) is 13.1 Å². The summed E-state index contributed by atoms with van der Waals surface area (Å²) in [6, 6.07) is 5.60. The van der Waals surface area contributed by atoms with Gasteiger partial charge in [-0.1, -0.05) is 17.7 Å². The van der Waals surface area contributed by atoms with Gasteiger partial charge in [-0.2, -0.15) is 13.2 Å². The summed E-state index contributed by atoms with van der Waals surface area (Å²) in [5, 5.41) is 4.60. The van der Waals surface area contributed by atoms with Crippen LogP contribution in [0.2, 0.25) is 5.02 Å². The Kier molecular flexibility index (Phi) is 3.42. The van der Waals surface area contributed by atoms with Crippen LogP contribution in [0.3, 0.4) is 0 Å². The van der Waals surface area contributed by atoms with Crippen LogP contribution < -0.4 is 5.32 Å². The van der Waals surface area contributed by atoms with Gasteiger partial charge in [0.25, 0.3) is 0 Å². The Hall–Kier alpha value is -1.20. The molecule has 0 saturated heterocycles. The van der Waals surface area contributed by atoms with Crippen molar-refractivity contribution in [1.82, 2.24) is 9.88 Å². The normalized spacial score (nSPS) is 16.0. The molecule has 1 aromatic heterocycles. The van der Waals surface area contributed by atoms with Gasteiger partial charge < -0.3 is 9.88 Å². The third kappa shape index (κ3) is 3.10. The second kappa shape index (κ2) is 4.97. The molecule has 1 aliphatic carbocycles. The van der Waals surface area contributed by atoms with Gasteiger partial charge in [0.05, 0.1) is 5.52 Å². The number of rotatable bonds is 4. The predicted octanol–water partition coefficient (Wildman–Crippen LogP) is 4.11. The Labute approximate surface area is 119 Å². The zero-order valence-electron chi connectivity index (χ0n) is 10.7. The minimum absolute atomic E-state index is 0.445. The Morgan fingerprint density at radius 3 is 2.70 bits per heavy atom. The molecule has 2 nitrogen and oxygen atoms in total. The van der Waals surface area contributed by atoms with E-state index in [0.717, 1.165) is 23.8 Å². The number of hydrogen-bond acceptors (Lipinski definition) is 1. The summed E-state index contributed by atoms with van der Waals surface area (Å²) in [7, 11) is 0. The molecule has 1 aliphatic rings. The van der Waals surface area contributed by atoms with E-state index in [2.05, 4.69) is 5.32 Å². The van der Waals surface area contributed by atoms with Gasteiger partial charge in [-0.15, -0.1) is 0 Å². The first kappa shape index (κ1) is 13.8. The molecule has 20 heavy (non-hydrogen) atoms. The number of hydrogen-bond donors (Lipinski definition) is 1. The highest BCUT2D eigenvalue weighted by molar-refractivity contribution is 6.31. The lowest BCUT2D eigenvalue weighted by Crippen LogP contribution is -2.17. The van der Waals surface area contributed by atoms with Gasteiger partial charge in [0.15, 0.2) is 0 Å². The molecule has 0 radical (unpaired) electrons. The second-order valence-electron chi connectivity index (χ2n) is 5.21. The van der Waals surface area contributed by atoms with Crippen molar-refractivity contribution in [2.75, 3.05) is 0 Å². The number of benzene rings is 1.